The molecule has 0 unspecified atom stereocenters. The summed E-state index contributed by atoms with van der Waals surface area (Å²) >= 11 is 0. The molecule has 0 bridgehead atoms. The highest BCUT2D eigenvalue weighted by Gasteiger charge is 2.45. The van der Waals surface area contributed by atoms with E-state index < -0.39 is 0 Å². The Morgan fingerprint density at radius 3 is 3.04 bits per heavy atom. The van der Waals surface area contributed by atoms with Gasteiger partial charge in [-0.05, 0) is 38.0 Å². The predicted octanol–water partition coefficient (Wildman–Crippen LogP) is 2.60. The van der Waals surface area contributed by atoms with Gasteiger partial charge in [-0.1, -0.05) is 12.1 Å². The number of ether oxygens (including phenoxy) is 2. The Morgan fingerprint density at radius 1 is 1.25 bits per heavy atom. The summed E-state index contributed by atoms with van der Waals surface area (Å²) in [7, 11) is 0. The molecule has 0 amide bonds. The Hall–Kier alpha value is -1.98. The molecule has 2 aromatic rings. The average molecular weight is 325 g/mol. The minimum absolute atomic E-state index is 0.0232. The van der Waals surface area contributed by atoms with E-state index in [0.717, 1.165) is 43.9 Å². The fourth-order valence-corrected chi connectivity index (χ4v) is 3.76. The smallest absolute Gasteiger partial charge is 0.213 e. The number of aromatic nitrogens is 2. The molecule has 2 saturated heterocycles. The normalized spacial score (nSPS) is 27.0. The maximum Gasteiger partial charge on any atom is 0.213 e. The summed E-state index contributed by atoms with van der Waals surface area (Å²) in [6.07, 6.45) is 4.16. The number of fused-ring (bicyclic) bond motifs is 1. The number of hydrogen-bond donors (Lipinski definition) is 0. The van der Waals surface area contributed by atoms with Crippen molar-refractivity contribution in [2.24, 2.45) is 0 Å². The molecular weight excluding hydrogens is 302 g/mol. The molecule has 2 aliphatic heterocycles. The molecule has 0 aromatic carbocycles. The van der Waals surface area contributed by atoms with Crippen molar-refractivity contribution in [3.05, 3.63) is 54.0 Å². The molecule has 0 radical (unpaired) electrons. The fourth-order valence-electron chi connectivity index (χ4n) is 3.76. The lowest BCUT2D eigenvalue weighted by Crippen LogP contribution is -2.42. The Bertz CT molecular complexity index is 679. The molecule has 2 aliphatic rings. The van der Waals surface area contributed by atoms with Crippen LogP contribution in [-0.2, 0) is 11.3 Å². The van der Waals surface area contributed by atoms with Gasteiger partial charge in [-0.25, -0.2) is 4.98 Å². The van der Waals surface area contributed by atoms with E-state index in [1.54, 1.807) is 6.20 Å². The van der Waals surface area contributed by atoms with E-state index in [2.05, 4.69) is 27.0 Å². The third kappa shape index (κ3) is 3.28. The van der Waals surface area contributed by atoms with Gasteiger partial charge in [0.2, 0.25) is 5.88 Å². The topological polar surface area (TPSA) is 47.5 Å². The summed E-state index contributed by atoms with van der Waals surface area (Å²) in [5.74, 6) is 0.672. The van der Waals surface area contributed by atoms with Gasteiger partial charge >= 0.3 is 0 Å². The first-order valence-electron chi connectivity index (χ1n) is 8.65. The maximum atomic E-state index is 6.14. The van der Waals surface area contributed by atoms with Gasteiger partial charge in [0.05, 0.1) is 5.69 Å². The number of pyridine rings is 2. The van der Waals surface area contributed by atoms with E-state index in [4.69, 9.17) is 9.47 Å². The van der Waals surface area contributed by atoms with Gasteiger partial charge in [0.1, 0.15) is 12.2 Å². The van der Waals surface area contributed by atoms with Crippen molar-refractivity contribution in [1.29, 1.82) is 0 Å². The summed E-state index contributed by atoms with van der Waals surface area (Å²) in [4.78, 5) is 11.4. The summed E-state index contributed by atoms with van der Waals surface area (Å²) in [6.45, 7) is 4.54. The molecule has 2 fully saturated rings. The molecule has 4 rings (SSSR count). The lowest BCUT2D eigenvalue weighted by Gasteiger charge is -2.32. The van der Waals surface area contributed by atoms with Gasteiger partial charge < -0.3 is 9.47 Å². The molecule has 2 aromatic heterocycles. The minimum Gasteiger partial charge on any atom is -0.470 e. The lowest BCUT2D eigenvalue weighted by atomic mass is 10.0. The highest BCUT2D eigenvalue weighted by Crippen LogP contribution is 2.32. The molecule has 4 heterocycles. The van der Waals surface area contributed by atoms with Crippen LogP contribution in [0.3, 0.4) is 0 Å². The second kappa shape index (κ2) is 6.87. The van der Waals surface area contributed by atoms with E-state index in [1.165, 1.54) is 0 Å². The first-order valence-corrected chi connectivity index (χ1v) is 8.65. The average Bonchev–Trinajstić information content (AvgIpc) is 2.94. The van der Waals surface area contributed by atoms with Gasteiger partial charge in [-0.15, -0.1) is 0 Å². The van der Waals surface area contributed by atoms with Crippen LogP contribution in [0.15, 0.2) is 42.6 Å². The van der Waals surface area contributed by atoms with Crippen LogP contribution < -0.4 is 4.74 Å². The van der Waals surface area contributed by atoms with E-state index in [1.807, 2.05) is 31.2 Å². The second-order valence-electron chi connectivity index (χ2n) is 6.57. The number of rotatable bonds is 4. The van der Waals surface area contributed by atoms with Crippen LogP contribution in [0.5, 0.6) is 5.88 Å². The van der Waals surface area contributed by atoms with Crippen LogP contribution in [-0.4, -0.2) is 46.3 Å². The van der Waals surface area contributed by atoms with E-state index in [9.17, 15) is 0 Å². The molecular formula is C19H23N3O2. The Labute approximate surface area is 142 Å². The Balaban J connectivity index is 1.50. The highest BCUT2D eigenvalue weighted by atomic mass is 16.5. The molecule has 24 heavy (non-hydrogen) atoms. The predicted molar refractivity (Wildman–Crippen MR) is 90.8 cm³/mol. The monoisotopic (exact) mass is 325 g/mol. The molecule has 5 nitrogen and oxygen atoms in total. The largest absolute Gasteiger partial charge is 0.470 e. The van der Waals surface area contributed by atoms with Gasteiger partial charge in [0.25, 0.3) is 0 Å². The third-order valence-electron chi connectivity index (χ3n) is 4.80. The highest BCUT2D eigenvalue weighted by molar-refractivity contribution is 5.13. The van der Waals surface area contributed by atoms with Crippen molar-refractivity contribution in [1.82, 2.24) is 14.9 Å². The number of hydrogen-bond acceptors (Lipinski definition) is 5. The zero-order valence-electron chi connectivity index (χ0n) is 14.0. The summed E-state index contributed by atoms with van der Waals surface area (Å²) in [5, 5.41) is 0. The standard InChI is InChI=1S/C19H23N3O2/c1-14-6-4-7-15(21-14)12-22-13-17(19-16(22)8-5-11-23-19)24-18-9-2-3-10-20-18/h2-4,6-7,9-10,16-17,19H,5,8,11-13H2,1H3/t16-,17+,19+/m1/s1. The molecule has 3 atom stereocenters. The number of nitrogens with zero attached hydrogens (tertiary/aromatic N) is 3. The summed E-state index contributed by atoms with van der Waals surface area (Å²) in [6, 6.07) is 12.4. The fraction of sp³-hybridized carbons (Fsp3) is 0.474. The summed E-state index contributed by atoms with van der Waals surface area (Å²) < 4.78 is 12.2. The van der Waals surface area contributed by atoms with Crippen LogP contribution >= 0.6 is 0 Å². The zero-order valence-corrected chi connectivity index (χ0v) is 14.0. The Kier molecular flexibility index (Phi) is 4.45. The van der Waals surface area contributed by atoms with Crippen molar-refractivity contribution < 1.29 is 9.47 Å². The van der Waals surface area contributed by atoms with Crippen LogP contribution in [0.2, 0.25) is 0 Å². The number of likely N-dealkylation sites (tertiary alicyclic amines) is 1. The van der Waals surface area contributed by atoms with Crippen molar-refractivity contribution in [2.75, 3.05) is 13.2 Å². The van der Waals surface area contributed by atoms with E-state index in [0.29, 0.717) is 11.9 Å². The number of aryl methyl sites for hydroxylation is 1. The van der Waals surface area contributed by atoms with Gasteiger partial charge in [0.15, 0.2) is 0 Å². The first kappa shape index (κ1) is 15.5. The maximum absolute atomic E-state index is 6.14. The van der Waals surface area contributed by atoms with Crippen LogP contribution in [0, 0.1) is 6.92 Å². The molecule has 0 spiro atoms. The van der Waals surface area contributed by atoms with Crippen molar-refractivity contribution in [3.8, 4) is 5.88 Å². The minimum atomic E-state index is 0.0232. The van der Waals surface area contributed by atoms with Crippen molar-refractivity contribution in [2.45, 2.75) is 44.6 Å². The Morgan fingerprint density at radius 2 is 2.21 bits per heavy atom. The zero-order chi connectivity index (χ0) is 16.4. The molecule has 5 heteroatoms. The van der Waals surface area contributed by atoms with Crippen LogP contribution in [0.1, 0.15) is 24.2 Å². The first-order chi connectivity index (χ1) is 11.8. The van der Waals surface area contributed by atoms with Gasteiger partial charge in [0, 0.05) is 43.7 Å². The van der Waals surface area contributed by atoms with Crippen LogP contribution in [0.4, 0.5) is 0 Å². The van der Waals surface area contributed by atoms with Gasteiger partial charge in [-0.3, -0.25) is 9.88 Å². The van der Waals surface area contributed by atoms with E-state index >= 15 is 0 Å². The molecule has 0 aliphatic carbocycles. The van der Waals surface area contributed by atoms with Crippen molar-refractivity contribution >= 4 is 0 Å². The second-order valence-corrected chi connectivity index (χ2v) is 6.57. The molecule has 126 valence electrons. The third-order valence-corrected chi connectivity index (χ3v) is 4.80. The molecule has 0 saturated carbocycles. The van der Waals surface area contributed by atoms with Gasteiger partial charge in [-0.2, -0.15) is 0 Å². The van der Waals surface area contributed by atoms with Crippen LogP contribution in [0.25, 0.3) is 0 Å². The molecule has 0 N–H and O–H groups in total. The van der Waals surface area contributed by atoms with E-state index in [-0.39, 0.29) is 12.2 Å². The lowest BCUT2D eigenvalue weighted by molar-refractivity contribution is -0.0480. The van der Waals surface area contributed by atoms with Crippen molar-refractivity contribution in [3.63, 3.8) is 0 Å². The SMILES string of the molecule is Cc1cccc(CN2C[C@H](Oc3ccccn3)[C@H]3OCCC[C@H]32)n1. The summed E-state index contributed by atoms with van der Waals surface area (Å²) in [5.41, 5.74) is 2.17. The quantitative estimate of drug-likeness (QED) is 0.865.